The van der Waals surface area contributed by atoms with Crippen molar-refractivity contribution >= 4 is 29.4 Å². The fraction of sp³-hybridized carbons (Fsp3) is 0.500. The van der Waals surface area contributed by atoms with Crippen LogP contribution in [0, 0.1) is 0 Å². The van der Waals surface area contributed by atoms with E-state index in [2.05, 4.69) is 6.58 Å². The van der Waals surface area contributed by atoms with E-state index in [0.717, 1.165) is 4.90 Å². The van der Waals surface area contributed by atoms with Crippen molar-refractivity contribution in [2.45, 2.75) is 18.9 Å². The molecule has 6 heteroatoms. The lowest BCUT2D eigenvalue weighted by Gasteiger charge is -2.20. The maximum absolute atomic E-state index is 11.5. The van der Waals surface area contributed by atoms with Gasteiger partial charge in [-0.25, -0.2) is 4.79 Å². The van der Waals surface area contributed by atoms with Gasteiger partial charge in [-0.3, -0.25) is 14.5 Å². The third-order valence-electron chi connectivity index (χ3n) is 2.21. The maximum atomic E-state index is 11.5. The molecule has 0 spiro atoms. The van der Waals surface area contributed by atoms with Gasteiger partial charge in [-0.05, 0) is 6.42 Å². The molecule has 88 valence electrons. The number of ether oxygens (including phenoxy) is 1. The van der Waals surface area contributed by atoms with E-state index >= 15 is 0 Å². The Labute approximate surface area is 98.0 Å². The minimum absolute atomic E-state index is 0.0619. The highest BCUT2D eigenvalue weighted by Crippen LogP contribution is 2.20. The lowest BCUT2D eigenvalue weighted by molar-refractivity contribution is -0.156. The summed E-state index contributed by atoms with van der Waals surface area (Å²) in [5, 5.41) is 0. The molecule has 1 unspecified atom stereocenters. The van der Waals surface area contributed by atoms with Gasteiger partial charge in [-0.2, -0.15) is 0 Å². The molecule has 0 aromatic rings. The zero-order valence-corrected chi connectivity index (χ0v) is 9.40. The van der Waals surface area contributed by atoms with Crippen LogP contribution in [0.15, 0.2) is 12.7 Å². The van der Waals surface area contributed by atoms with Gasteiger partial charge in [0.05, 0.1) is 0 Å². The summed E-state index contributed by atoms with van der Waals surface area (Å²) in [5.41, 5.74) is 0. The van der Waals surface area contributed by atoms with E-state index in [1.54, 1.807) is 0 Å². The van der Waals surface area contributed by atoms with Gasteiger partial charge in [0.1, 0.15) is 18.5 Å². The van der Waals surface area contributed by atoms with Crippen LogP contribution in [0.4, 0.5) is 0 Å². The molecule has 0 radical (unpaired) electrons. The zero-order chi connectivity index (χ0) is 12.1. The zero-order valence-electron chi connectivity index (χ0n) is 8.65. The summed E-state index contributed by atoms with van der Waals surface area (Å²) in [6.45, 7) is 3.46. The number of nitrogens with zero attached hydrogens (tertiary/aromatic N) is 1. The second-order valence-corrected chi connectivity index (χ2v) is 3.53. The van der Waals surface area contributed by atoms with Crippen LogP contribution in [0.3, 0.4) is 0 Å². The number of hydrogen-bond acceptors (Lipinski definition) is 4. The van der Waals surface area contributed by atoms with Crippen LogP contribution in [0.1, 0.15) is 12.8 Å². The monoisotopic (exact) mass is 245 g/mol. The molecule has 0 saturated carbocycles. The molecule has 2 amide bonds. The van der Waals surface area contributed by atoms with Crippen LogP contribution in [0.2, 0.25) is 0 Å². The van der Waals surface area contributed by atoms with E-state index in [0.29, 0.717) is 0 Å². The van der Waals surface area contributed by atoms with E-state index in [4.69, 9.17) is 16.3 Å². The fourth-order valence-corrected chi connectivity index (χ4v) is 1.65. The Morgan fingerprint density at radius 1 is 1.62 bits per heavy atom. The second-order valence-electron chi connectivity index (χ2n) is 3.26. The van der Waals surface area contributed by atoms with Crippen molar-refractivity contribution in [3.05, 3.63) is 12.7 Å². The first-order chi connectivity index (χ1) is 7.61. The van der Waals surface area contributed by atoms with Crippen LogP contribution in [0.25, 0.3) is 0 Å². The third kappa shape index (κ3) is 2.61. The Kier molecular flexibility index (Phi) is 4.49. The van der Waals surface area contributed by atoms with Crippen molar-refractivity contribution in [2.24, 2.45) is 0 Å². The number of carbonyl (C=O) groups is 3. The summed E-state index contributed by atoms with van der Waals surface area (Å²) in [4.78, 5) is 35.1. The molecular weight excluding hydrogens is 234 g/mol. The summed E-state index contributed by atoms with van der Waals surface area (Å²) in [6, 6.07) is -0.835. The summed E-state index contributed by atoms with van der Waals surface area (Å²) in [7, 11) is 0. The molecule has 0 aromatic carbocycles. The van der Waals surface area contributed by atoms with E-state index < -0.39 is 17.9 Å². The molecule has 1 saturated heterocycles. The van der Waals surface area contributed by atoms with Gasteiger partial charge in [0.25, 0.3) is 0 Å². The Hall–Kier alpha value is -1.36. The first kappa shape index (κ1) is 12.7. The van der Waals surface area contributed by atoms with Crippen LogP contribution in [0.5, 0.6) is 0 Å². The van der Waals surface area contributed by atoms with Crippen molar-refractivity contribution in [3.8, 4) is 0 Å². The van der Waals surface area contributed by atoms with Crippen molar-refractivity contribution < 1.29 is 19.1 Å². The number of carbonyl (C=O) groups excluding carboxylic acids is 3. The molecule has 0 aromatic heterocycles. The largest absolute Gasteiger partial charge is 0.460 e. The number of imide groups is 1. The molecule has 1 atom stereocenters. The molecule has 1 aliphatic rings. The van der Waals surface area contributed by atoms with E-state index in [9.17, 15) is 14.4 Å². The van der Waals surface area contributed by atoms with Crippen molar-refractivity contribution in [3.63, 3.8) is 0 Å². The van der Waals surface area contributed by atoms with Gasteiger partial charge in [0.15, 0.2) is 0 Å². The molecule has 1 rings (SSSR count). The highest BCUT2D eigenvalue weighted by atomic mass is 35.5. The SMILES string of the molecule is C=CCOC(=O)C1CCC(=O)N1C(=O)CCl. The standard InChI is InChI=1S/C10H12ClNO4/c1-2-5-16-10(15)7-3-4-8(13)12(7)9(14)6-11/h2,7H,1,3-6H2. The summed E-state index contributed by atoms with van der Waals surface area (Å²) in [5.74, 6) is -1.86. The van der Waals surface area contributed by atoms with Gasteiger partial charge in [0.2, 0.25) is 11.8 Å². The first-order valence-corrected chi connectivity index (χ1v) is 5.33. The molecular formula is C10H12ClNO4. The molecule has 1 heterocycles. The number of halogens is 1. The molecule has 0 aliphatic carbocycles. The normalized spacial score (nSPS) is 19.7. The molecule has 5 nitrogen and oxygen atoms in total. The maximum Gasteiger partial charge on any atom is 0.329 e. The molecule has 0 bridgehead atoms. The summed E-state index contributed by atoms with van der Waals surface area (Å²) in [6.07, 6.45) is 1.87. The predicted molar refractivity (Wildman–Crippen MR) is 56.8 cm³/mol. The van der Waals surface area contributed by atoms with Crippen molar-refractivity contribution in [1.82, 2.24) is 4.90 Å². The van der Waals surface area contributed by atoms with Crippen molar-refractivity contribution in [1.29, 1.82) is 0 Å². The number of likely N-dealkylation sites (tertiary alicyclic amines) is 1. The third-order valence-corrected chi connectivity index (χ3v) is 2.44. The van der Waals surface area contributed by atoms with Gasteiger partial charge >= 0.3 is 5.97 Å². The van der Waals surface area contributed by atoms with Crippen LogP contribution < -0.4 is 0 Å². The van der Waals surface area contributed by atoms with Crippen LogP contribution in [-0.4, -0.2) is 41.2 Å². The van der Waals surface area contributed by atoms with Crippen LogP contribution in [-0.2, 0) is 19.1 Å². The molecule has 0 N–H and O–H groups in total. The van der Waals surface area contributed by atoms with Gasteiger partial charge in [0, 0.05) is 6.42 Å². The van der Waals surface area contributed by atoms with E-state index in [1.807, 2.05) is 0 Å². The number of alkyl halides is 1. The Bertz CT molecular complexity index is 329. The average molecular weight is 246 g/mol. The second kappa shape index (κ2) is 5.65. The molecule has 16 heavy (non-hydrogen) atoms. The lowest BCUT2D eigenvalue weighted by atomic mass is 10.2. The Morgan fingerprint density at radius 3 is 2.88 bits per heavy atom. The molecule has 1 aliphatic heterocycles. The smallest absolute Gasteiger partial charge is 0.329 e. The summed E-state index contributed by atoms with van der Waals surface area (Å²) >= 11 is 5.36. The fourth-order valence-electron chi connectivity index (χ4n) is 1.52. The van der Waals surface area contributed by atoms with Crippen molar-refractivity contribution in [2.75, 3.05) is 12.5 Å². The Morgan fingerprint density at radius 2 is 2.31 bits per heavy atom. The minimum atomic E-state index is -0.835. The highest BCUT2D eigenvalue weighted by Gasteiger charge is 2.40. The topological polar surface area (TPSA) is 63.7 Å². The highest BCUT2D eigenvalue weighted by molar-refractivity contribution is 6.28. The number of hydrogen-bond donors (Lipinski definition) is 0. The Balaban J connectivity index is 2.71. The van der Waals surface area contributed by atoms with Gasteiger partial charge in [-0.15, -0.1) is 11.6 Å². The molecule has 1 fully saturated rings. The average Bonchev–Trinajstić information content (AvgIpc) is 2.67. The van der Waals surface area contributed by atoms with Gasteiger partial charge < -0.3 is 4.74 Å². The predicted octanol–water partition coefficient (Wildman–Crippen LogP) is 0.472. The van der Waals surface area contributed by atoms with E-state index in [1.165, 1.54) is 6.08 Å². The summed E-state index contributed by atoms with van der Waals surface area (Å²) < 4.78 is 4.80. The quantitative estimate of drug-likeness (QED) is 0.410. The lowest BCUT2D eigenvalue weighted by Crippen LogP contribution is -2.44. The van der Waals surface area contributed by atoms with E-state index in [-0.39, 0.29) is 31.2 Å². The number of amides is 2. The first-order valence-electron chi connectivity index (χ1n) is 4.80. The van der Waals surface area contributed by atoms with Gasteiger partial charge in [-0.1, -0.05) is 12.7 Å². The number of esters is 1. The number of rotatable bonds is 4. The van der Waals surface area contributed by atoms with Crippen LogP contribution >= 0.6 is 11.6 Å². The minimum Gasteiger partial charge on any atom is -0.460 e.